The Morgan fingerprint density at radius 2 is 2.04 bits per heavy atom. The van der Waals surface area contributed by atoms with Crippen molar-refractivity contribution in [2.24, 2.45) is 5.10 Å². The normalized spacial score (nSPS) is 12.0. The number of nitrogens with zero attached hydrogens (tertiary/aromatic N) is 5. The first-order valence-electron chi connectivity index (χ1n) is 7.02. The van der Waals surface area contributed by atoms with Crippen molar-refractivity contribution in [2.75, 3.05) is 5.43 Å². The van der Waals surface area contributed by atoms with E-state index in [1.165, 1.54) is 4.70 Å². The Morgan fingerprint density at radius 3 is 2.91 bits per heavy atom. The minimum absolute atomic E-state index is 0.690. The van der Waals surface area contributed by atoms with Gasteiger partial charge < -0.3 is 0 Å². The van der Waals surface area contributed by atoms with E-state index < -0.39 is 0 Å². The molecular formula is C16H12N6S. The number of aromatic nitrogens is 4. The van der Waals surface area contributed by atoms with Gasteiger partial charge in [0.15, 0.2) is 5.82 Å². The number of thiophene rings is 1. The first kappa shape index (κ1) is 13.7. The van der Waals surface area contributed by atoms with Gasteiger partial charge in [0, 0.05) is 22.5 Å². The van der Waals surface area contributed by atoms with Crippen molar-refractivity contribution in [3.8, 4) is 0 Å². The average Bonchev–Trinajstić information content (AvgIpc) is 2.99. The number of hydrogen-bond acceptors (Lipinski definition) is 7. The van der Waals surface area contributed by atoms with E-state index in [-0.39, 0.29) is 0 Å². The lowest BCUT2D eigenvalue weighted by Crippen LogP contribution is -2.03. The summed E-state index contributed by atoms with van der Waals surface area (Å²) in [5, 5.41) is 6.50. The van der Waals surface area contributed by atoms with Crippen LogP contribution in [0.1, 0.15) is 12.6 Å². The lowest BCUT2D eigenvalue weighted by Gasteiger charge is -2.03. The van der Waals surface area contributed by atoms with Gasteiger partial charge in [0.2, 0.25) is 0 Å². The van der Waals surface area contributed by atoms with E-state index in [1.807, 2.05) is 19.1 Å². The van der Waals surface area contributed by atoms with Crippen LogP contribution in [0.15, 0.2) is 54.3 Å². The van der Waals surface area contributed by atoms with Crippen LogP contribution < -0.4 is 5.43 Å². The van der Waals surface area contributed by atoms with Crippen molar-refractivity contribution in [3.05, 3.63) is 54.9 Å². The topological polar surface area (TPSA) is 76.0 Å². The zero-order valence-electron chi connectivity index (χ0n) is 12.3. The Bertz CT molecular complexity index is 1010. The van der Waals surface area contributed by atoms with Crippen molar-refractivity contribution >= 4 is 43.2 Å². The van der Waals surface area contributed by atoms with E-state index in [0.29, 0.717) is 5.82 Å². The number of fused-ring (bicyclic) bond motifs is 3. The number of nitrogens with one attached hydrogen (secondary N) is 1. The number of rotatable bonds is 3. The van der Waals surface area contributed by atoms with Gasteiger partial charge in [0.1, 0.15) is 16.9 Å². The van der Waals surface area contributed by atoms with Gasteiger partial charge in [-0.15, -0.1) is 11.3 Å². The Labute approximate surface area is 136 Å². The summed E-state index contributed by atoms with van der Waals surface area (Å²) in [6.07, 6.45) is 6.50. The summed E-state index contributed by atoms with van der Waals surface area (Å²) < 4.78 is 1.18. The lowest BCUT2D eigenvalue weighted by atomic mass is 10.2. The molecule has 3 aromatic heterocycles. The molecule has 1 aromatic carbocycles. The molecule has 0 aliphatic carbocycles. The molecule has 3 heterocycles. The van der Waals surface area contributed by atoms with E-state index in [0.717, 1.165) is 27.0 Å². The smallest absolute Gasteiger partial charge is 0.159 e. The highest BCUT2D eigenvalue weighted by atomic mass is 32.1. The molecule has 4 aromatic rings. The Hall–Kier alpha value is -2.93. The van der Waals surface area contributed by atoms with Crippen LogP contribution >= 0.6 is 11.3 Å². The molecule has 1 N–H and O–H groups in total. The van der Waals surface area contributed by atoms with Crippen LogP contribution in [-0.4, -0.2) is 25.6 Å². The van der Waals surface area contributed by atoms with Gasteiger partial charge in [0.25, 0.3) is 0 Å². The van der Waals surface area contributed by atoms with Gasteiger partial charge in [-0.1, -0.05) is 18.2 Å². The maximum Gasteiger partial charge on any atom is 0.159 e. The van der Waals surface area contributed by atoms with E-state index in [1.54, 1.807) is 36.3 Å². The SMILES string of the molecule is C/C(=N\Nc1ncnc2sc3ccccc3c12)c1cnccn1. The maximum absolute atomic E-state index is 4.38. The summed E-state index contributed by atoms with van der Waals surface area (Å²) in [6.45, 7) is 1.88. The average molecular weight is 320 g/mol. The summed E-state index contributed by atoms with van der Waals surface area (Å²) in [7, 11) is 0. The van der Waals surface area contributed by atoms with Crippen LogP contribution in [0, 0.1) is 0 Å². The third-order valence-electron chi connectivity index (χ3n) is 3.44. The molecule has 0 fully saturated rings. The molecule has 4 rings (SSSR count). The Balaban J connectivity index is 1.77. The van der Waals surface area contributed by atoms with Crippen LogP contribution in [0.5, 0.6) is 0 Å². The number of hydrogen-bond donors (Lipinski definition) is 1. The Morgan fingerprint density at radius 1 is 1.13 bits per heavy atom. The summed E-state index contributed by atoms with van der Waals surface area (Å²) in [5.41, 5.74) is 4.50. The first-order valence-corrected chi connectivity index (χ1v) is 7.83. The molecule has 0 aliphatic heterocycles. The molecule has 0 saturated heterocycles. The highest BCUT2D eigenvalue weighted by Gasteiger charge is 2.11. The third-order valence-corrected chi connectivity index (χ3v) is 4.52. The second-order valence-corrected chi connectivity index (χ2v) is 5.93. The minimum Gasteiger partial charge on any atom is -0.261 e. The van der Waals surface area contributed by atoms with Crippen LogP contribution in [-0.2, 0) is 0 Å². The largest absolute Gasteiger partial charge is 0.261 e. The molecule has 0 atom stereocenters. The van der Waals surface area contributed by atoms with Gasteiger partial charge in [-0.05, 0) is 13.0 Å². The molecular weight excluding hydrogens is 308 g/mol. The Kier molecular flexibility index (Phi) is 3.39. The van der Waals surface area contributed by atoms with Gasteiger partial charge in [-0.25, -0.2) is 9.97 Å². The second kappa shape index (κ2) is 5.69. The minimum atomic E-state index is 0.690. The standard InChI is InChI=1S/C16H12N6S/c1-10(12-8-17-6-7-18-12)21-22-15-14-11-4-2-3-5-13(11)23-16(14)20-9-19-15/h2-9H,1H3,(H,19,20,22)/b21-10+. The van der Waals surface area contributed by atoms with Crippen molar-refractivity contribution in [2.45, 2.75) is 6.92 Å². The fourth-order valence-corrected chi connectivity index (χ4v) is 3.36. The lowest BCUT2D eigenvalue weighted by molar-refractivity contribution is 1.15. The zero-order chi connectivity index (χ0) is 15.6. The fraction of sp³-hybridized carbons (Fsp3) is 0.0625. The van der Waals surface area contributed by atoms with Gasteiger partial charge in [-0.2, -0.15) is 5.10 Å². The van der Waals surface area contributed by atoms with E-state index in [4.69, 9.17) is 0 Å². The van der Waals surface area contributed by atoms with Crippen molar-refractivity contribution in [1.29, 1.82) is 0 Å². The van der Waals surface area contributed by atoms with E-state index >= 15 is 0 Å². The third kappa shape index (κ3) is 2.51. The monoisotopic (exact) mass is 320 g/mol. The number of benzene rings is 1. The molecule has 0 aliphatic rings. The van der Waals surface area contributed by atoms with Crippen LogP contribution in [0.25, 0.3) is 20.3 Å². The molecule has 6 nitrogen and oxygen atoms in total. The van der Waals surface area contributed by atoms with E-state index in [2.05, 4.69) is 42.6 Å². The molecule has 0 bridgehead atoms. The second-order valence-electron chi connectivity index (χ2n) is 4.90. The van der Waals surface area contributed by atoms with Crippen molar-refractivity contribution in [1.82, 2.24) is 19.9 Å². The molecule has 7 heteroatoms. The van der Waals surface area contributed by atoms with Crippen molar-refractivity contribution in [3.63, 3.8) is 0 Å². The summed E-state index contributed by atoms with van der Waals surface area (Å²) >= 11 is 1.64. The predicted octanol–water partition coefficient (Wildman–Crippen LogP) is 3.47. The first-order chi connectivity index (χ1) is 11.3. The molecule has 23 heavy (non-hydrogen) atoms. The number of anilines is 1. The molecule has 0 radical (unpaired) electrons. The highest BCUT2D eigenvalue weighted by molar-refractivity contribution is 7.25. The zero-order valence-corrected chi connectivity index (χ0v) is 13.1. The molecule has 0 amide bonds. The fourth-order valence-electron chi connectivity index (χ4n) is 2.32. The quantitative estimate of drug-likeness (QED) is 0.462. The van der Waals surface area contributed by atoms with Crippen LogP contribution in [0.3, 0.4) is 0 Å². The van der Waals surface area contributed by atoms with Gasteiger partial charge in [-0.3, -0.25) is 15.4 Å². The van der Waals surface area contributed by atoms with Gasteiger partial charge in [0.05, 0.1) is 17.3 Å². The maximum atomic E-state index is 4.38. The molecule has 0 unspecified atom stereocenters. The van der Waals surface area contributed by atoms with Gasteiger partial charge >= 0.3 is 0 Å². The number of hydrazone groups is 1. The van der Waals surface area contributed by atoms with Crippen LogP contribution in [0.2, 0.25) is 0 Å². The summed E-state index contributed by atoms with van der Waals surface area (Å²) in [6, 6.07) is 8.19. The molecule has 0 saturated carbocycles. The van der Waals surface area contributed by atoms with Crippen molar-refractivity contribution < 1.29 is 0 Å². The van der Waals surface area contributed by atoms with Crippen LogP contribution in [0.4, 0.5) is 5.82 Å². The van der Waals surface area contributed by atoms with E-state index in [9.17, 15) is 0 Å². The summed E-state index contributed by atoms with van der Waals surface area (Å²) in [4.78, 5) is 17.9. The predicted molar refractivity (Wildman–Crippen MR) is 92.8 cm³/mol. The summed E-state index contributed by atoms with van der Waals surface area (Å²) in [5.74, 6) is 0.690. The highest BCUT2D eigenvalue weighted by Crippen LogP contribution is 2.35. The molecule has 0 spiro atoms. The molecule has 112 valence electrons.